The molecular weight excluding hydrogens is 853 g/mol. The average Bonchev–Trinajstić information content (AvgIpc) is 3.44. The van der Waals surface area contributed by atoms with E-state index in [-0.39, 0.29) is 11.8 Å². The van der Waals surface area contributed by atoms with Crippen molar-refractivity contribution in [1.29, 1.82) is 0 Å². The number of carbonyl (C=O) groups is 2. The van der Waals surface area contributed by atoms with Crippen molar-refractivity contribution < 1.29 is 9.59 Å². The highest BCUT2D eigenvalue weighted by Crippen LogP contribution is 2.47. The van der Waals surface area contributed by atoms with E-state index >= 15 is 0 Å². The summed E-state index contributed by atoms with van der Waals surface area (Å²) in [4.78, 5) is 27.0. The minimum absolute atomic E-state index is 0.211. The second-order valence-corrected chi connectivity index (χ2v) is 17.2. The molecule has 0 aliphatic rings. The lowest BCUT2D eigenvalue weighted by Gasteiger charge is -2.37. The Balaban J connectivity index is 0.804. The van der Waals surface area contributed by atoms with Gasteiger partial charge in [-0.1, -0.05) is 218 Å². The van der Waals surface area contributed by atoms with Crippen LogP contribution in [0.25, 0.3) is 0 Å². The highest BCUT2D eigenvalue weighted by Gasteiger charge is 2.39. The molecule has 0 unspecified atom stereocenters. The third-order valence-electron chi connectivity index (χ3n) is 13.0. The van der Waals surface area contributed by atoms with Gasteiger partial charge < -0.3 is 10.6 Å². The first kappa shape index (κ1) is 44.5. The molecule has 10 aromatic carbocycles. The first-order valence-corrected chi connectivity index (χ1v) is 23.4. The van der Waals surface area contributed by atoms with Crippen molar-refractivity contribution in [2.45, 2.75) is 10.8 Å². The van der Waals surface area contributed by atoms with E-state index in [1.807, 2.05) is 84.9 Å². The molecule has 0 bridgehead atoms. The zero-order valence-corrected chi connectivity index (χ0v) is 38.4. The molecule has 334 valence electrons. The SMILES string of the molecule is O=C(Nc1ccc(C(c2ccccc2)(c2ccccc2)c2ccccc2)cc1)c1ccc(C#Cc2ccc(C(=O)Nc3ccc(C(c4ccccc4)(c4ccccc4)c4ccccc4)cc3)cc2)cc1. The average molecular weight is 901 g/mol. The molecule has 4 heteroatoms. The summed E-state index contributed by atoms with van der Waals surface area (Å²) < 4.78 is 0. The Bertz CT molecular complexity index is 2960. The van der Waals surface area contributed by atoms with Gasteiger partial charge in [0, 0.05) is 33.6 Å². The van der Waals surface area contributed by atoms with Crippen LogP contribution in [0.15, 0.2) is 279 Å². The highest BCUT2D eigenvalue weighted by molar-refractivity contribution is 6.05. The zero-order valence-electron chi connectivity index (χ0n) is 38.4. The molecule has 0 radical (unpaired) electrons. The summed E-state index contributed by atoms with van der Waals surface area (Å²) in [7, 11) is 0. The van der Waals surface area contributed by atoms with Gasteiger partial charge >= 0.3 is 0 Å². The van der Waals surface area contributed by atoms with Gasteiger partial charge in [-0.05, 0) is 117 Å². The fourth-order valence-corrected chi connectivity index (χ4v) is 9.70. The van der Waals surface area contributed by atoms with Gasteiger partial charge in [-0.15, -0.1) is 0 Å². The number of benzene rings is 10. The maximum absolute atomic E-state index is 13.5. The number of nitrogens with one attached hydrogen (secondary N) is 2. The van der Waals surface area contributed by atoms with Crippen LogP contribution in [0.5, 0.6) is 0 Å². The summed E-state index contributed by atoms with van der Waals surface area (Å²) in [6, 6.07) is 94.1. The topological polar surface area (TPSA) is 58.2 Å². The first-order valence-electron chi connectivity index (χ1n) is 23.4. The molecular formula is C66H48N2O2. The molecule has 0 aliphatic heterocycles. The Morgan fingerprint density at radius 2 is 0.471 bits per heavy atom. The van der Waals surface area contributed by atoms with E-state index in [0.717, 1.165) is 55.6 Å². The monoisotopic (exact) mass is 900 g/mol. The van der Waals surface area contributed by atoms with Crippen molar-refractivity contribution in [3.63, 3.8) is 0 Å². The van der Waals surface area contributed by atoms with Crippen LogP contribution in [0.4, 0.5) is 11.4 Å². The number of carbonyl (C=O) groups excluding carboxylic acids is 2. The number of rotatable bonds is 12. The summed E-state index contributed by atoms with van der Waals surface area (Å²) in [5.74, 6) is 5.97. The molecule has 2 amide bonds. The van der Waals surface area contributed by atoms with Crippen molar-refractivity contribution in [1.82, 2.24) is 0 Å². The van der Waals surface area contributed by atoms with E-state index in [1.165, 1.54) is 0 Å². The van der Waals surface area contributed by atoms with Gasteiger partial charge in [-0.2, -0.15) is 0 Å². The molecule has 0 spiro atoms. The third-order valence-corrected chi connectivity index (χ3v) is 13.0. The second-order valence-electron chi connectivity index (χ2n) is 17.2. The summed E-state index contributed by atoms with van der Waals surface area (Å²) in [6.07, 6.45) is 0. The second kappa shape index (κ2) is 20.3. The van der Waals surface area contributed by atoms with E-state index in [0.29, 0.717) is 22.5 Å². The van der Waals surface area contributed by atoms with Crippen molar-refractivity contribution in [2.24, 2.45) is 0 Å². The summed E-state index contributed by atoms with van der Waals surface area (Å²) in [6.45, 7) is 0. The Labute approximate surface area is 410 Å². The van der Waals surface area contributed by atoms with E-state index in [4.69, 9.17) is 0 Å². The Hall–Kier alpha value is -9.30. The smallest absolute Gasteiger partial charge is 0.255 e. The quantitative estimate of drug-likeness (QED) is 0.0948. The first-order chi connectivity index (χ1) is 34.5. The minimum atomic E-state index is -0.570. The Morgan fingerprint density at radius 3 is 0.700 bits per heavy atom. The molecule has 0 fully saturated rings. The maximum Gasteiger partial charge on any atom is 0.255 e. The fraction of sp³-hybridized carbons (Fsp3) is 0.0303. The van der Waals surface area contributed by atoms with Crippen molar-refractivity contribution in [3.05, 3.63) is 346 Å². The van der Waals surface area contributed by atoms with Gasteiger partial charge in [0.05, 0.1) is 10.8 Å². The van der Waals surface area contributed by atoms with Crippen LogP contribution in [0, 0.1) is 11.8 Å². The summed E-state index contributed by atoms with van der Waals surface area (Å²) >= 11 is 0. The molecule has 10 rings (SSSR count). The largest absolute Gasteiger partial charge is 0.322 e. The number of hydrogen-bond donors (Lipinski definition) is 2. The molecule has 2 N–H and O–H groups in total. The van der Waals surface area contributed by atoms with Gasteiger partial charge in [0.2, 0.25) is 0 Å². The number of hydrogen-bond acceptors (Lipinski definition) is 2. The van der Waals surface area contributed by atoms with Crippen molar-refractivity contribution in [3.8, 4) is 11.8 Å². The van der Waals surface area contributed by atoms with E-state index < -0.39 is 10.8 Å². The lowest BCUT2D eigenvalue weighted by Crippen LogP contribution is -2.31. The highest BCUT2D eigenvalue weighted by atomic mass is 16.2. The lowest BCUT2D eigenvalue weighted by molar-refractivity contribution is 0.101. The molecule has 4 nitrogen and oxygen atoms in total. The van der Waals surface area contributed by atoms with Crippen LogP contribution in [0.1, 0.15) is 76.4 Å². The van der Waals surface area contributed by atoms with Crippen molar-refractivity contribution in [2.75, 3.05) is 10.6 Å². The van der Waals surface area contributed by atoms with Gasteiger partial charge in [0.25, 0.3) is 11.8 Å². The molecule has 0 saturated carbocycles. The van der Waals surface area contributed by atoms with Crippen LogP contribution in [0.2, 0.25) is 0 Å². The number of amides is 2. The predicted octanol–water partition coefficient (Wildman–Crippen LogP) is 14.4. The molecule has 0 aromatic heterocycles. The maximum atomic E-state index is 13.5. The Kier molecular flexibility index (Phi) is 12.9. The standard InChI is InChI=1S/C66H48N2O2/c69-63(67-61-45-41-59(42-46-61)65(53-19-7-1-8-20-53,54-21-9-2-10-22-54)55-23-11-3-12-24-55)51-37-33-49(34-38-51)31-32-50-35-39-52(40-36-50)64(70)68-62-47-43-60(44-48-62)66(56-25-13-4-14-26-56,57-27-15-5-16-28-57)58-29-17-6-18-30-58/h1-30,33-48H,(H,67,69)(H,68,70). The van der Waals surface area contributed by atoms with Gasteiger partial charge in [-0.3, -0.25) is 9.59 Å². The minimum Gasteiger partial charge on any atom is -0.322 e. The predicted molar refractivity (Wildman–Crippen MR) is 284 cm³/mol. The molecule has 0 aliphatic carbocycles. The normalized spacial score (nSPS) is 11.1. The zero-order chi connectivity index (χ0) is 47.6. The third kappa shape index (κ3) is 8.96. The molecule has 0 saturated heterocycles. The van der Waals surface area contributed by atoms with E-state index in [9.17, 15) is 9.59 Å². The summed E-state index contributed by atoms with van der Waals surface area (Å²) in [5.41, 5.74) is 11.9. The molecule has 70 heavy (non-hydrogen) atoms. The van der Waals surface area contributed by atoms with E-state index in [2.05, 4.69) is 192 Å². The molecule has 0 heterocycles. The van der Waals surface area contributed by atoms with Crippen molar-refractivity contribution >= 4 is 23.2 Å². The van der Waals surface area contributed by atoms with Crippen LogP contribution in [0.3, 0.4) is 0 Å². The van der Waals surface area contributed by atoms with Gasteiger partial charge in [0.15, 0.2) is 0 Å². The summed E-state index contributed by atoms with van der Waals surface area (Å²) in [5, 5.41) is 6.16. The Morgan fingerprint density at radius 1 is 0.257 bits per heavy atom. The van der Waals surface area contributed by atoms with Crippen LogP contribution < -0.4 is 10.6 Å². The van der Waals surface area contributed by atoms with E-state index in [1.54, 1.807) is 24.3 Å². The fourth-order valence-electron chi connectivity index (χ4n) is 9.70. The van der Waals surface area contributed by atoms with Crippen LogP contribution >= 0.6 is 0 Å². The number of anilines is 2. The van der Waals surface area contributed by atoms with Gasteiger partial charge in [0.1, 0.15) is 0 Å². The van der Waals surface area contributed by atoms with Crippen LogP contribution in [-0.4, -0.2) is 11.8 Å². The van der Waals surface area contributed by atoms with Gasteiger partial charge in [-0.25, -0.2) is 0 Å². The van der Waals surface area contributed by atoms with Crippen LogP contribution in [-0.2, 0) is 10.8 Å². The molecule has 10 aromatic rings. The lowest BCUT2D eigenvalue weighted by atomic mass is 9.65. The molecule has 0 atom stereocenters.